The molecule has 26 heavy (non-hydrogen) atoms. The third-order valence-corrected chi connectivity index (χ3v) is 6.91. The Morgan fingerprint density at radius 2 is 2.00 bits per heavy atom. The molecule has 6 heteroatoms. The lowest BCUT2D eigenvalue weighted by Gasteiger charge is -2.38. The van der Waals surface area contributed by atoms with Gasteiger partial charge in [-0.05, 0) is 61.7 Å². The van der Waals surface area contributed by atoms with Crippen LogP contribution >= 0.6 is 0 Å². The lowest BCUT2D eigenvalue weighted by Crippen LogP contribution is -2.49. The molecule has 2 aromatic rings. The molecule has 1 aliphatic rings. The summed E-state index contributed by atoms with van der Waals surface area (Å²) in [5.74, 6) is 0. The molecule has 0 N–H and O–H groups in total. The van der Waals surface area contributed by atoms with E-state index in [-0.39, 0.29) is 6.04 Å². The Hall–Kier alpha value is -1.76. The van der Waals surface area contributed by atoms with Crippen LogP contribution < -0.4 is 0 Å². The van der Waals surface area contributed by atoms with Crippen molar-refractivity contribution in [2.75, 3.05) is 19.6 Å². The number of benzene rings is 1. The van der Waals surface area contributed by atoms with Gasteiger partial charge in [-0.1, -0.05) is 19.1 Å². The first-order valence-electron chi connectivity index (χ1n) is 9.20. The molecule has 1 fully saturated rings. The Kier molecular flexibility index (Phi) is 6.06. The second-order valence-electron chi connectivity index (χ2n) is 6.89. The molecule has 0 saturated carbocycles. The van der Waals surface area contributed by atoms with E-state index >= 15 is 0 Å². The summed E-state index contributed by atoms with van der Waals surface area (Å²) in [5.41, 5.74) is 2.17. The van der Waals surface area contributed by atoms with Crippen LogP contribution in [-0.2, 0) is 16.6 Å². The molecule has 0 aliphatic carbocycles. The summed E-state index contributed by atoms with van der Waals surface area (Å²) in [7, 11) is -3.44. The minimum Gasteiger partial charge on any atom is -0.295 e. The molecule has 1 aromatic heterocycles. The van der Waals surface area contributed by atoms with Crippen molar-refractivity contribution in [1.29, 1.82) is 0 Å². The van der Waals surface area contributed by atoms with Gasteiger partial charge in [-0.25, -0.2) is 8.42 Å². The van der Waals surface area contributed by atoms with Gasteiger partial charge >= 0.3 is 0 Å². The van der Waals surface area contributed by atoms with E-state index in [4.69, 9.17) is 0 Å². The van der Waals surface area contributed by atoms with Crippen molar-refractivity contribution < 1.29 is 8.42 Å². The van der Waals surface area contributed by atoms with Gasteiger partial charge < -0.3 is 0 Å². The predicted molar refractivity (Wildman–Crippen MR) is 103 cm³/mol. The zero-order valence-electron chi connectivity index (χ0n) is 15.5. The Bertz CT molecular complexity index is 824. The first-order chi connectivity index (χ1) is 12.5. The summed E-state index contributed by atoms with van der Waals surface area (Å²) >= 11 is 0. The lowest BCUT2D eigenvalue weighted by atomic mass is 10.1. The van der Waals surface area contributed by atoms with E-state index in [9.17, 15) is 8.42 Å². The van der Waals surface area contributed by atoms with E-state index in [1.807, 2.05) is 31.2 Å². The maximum absolute atomic E-state index is 13.1. The fraction of sp³-hybridized carbons (Fsp3) is 0.450. The lowest BCUT2D eigenvalue weighted by molar-refractivity contribution is 0.134. The average Bonchev–Trinajstić information content (AvgIpc) is 2.67. The van der Waals surface area contributed by atoms with Crippen molar-refractivity contribution in [3.8, 4) is 0 Å². The number of hydrogen-bond donors (Lipinski definition) is 0. The maximum atomic E-state index is 13.1. The second kappa shape index (κ2) is 8.29. The van der Waals surface area contributed by atoms with Crippen molar-refractivity contribution in [3.63, 3.8) is 0 Å². The monoisotopic (exact) mass is 373 g/mol. The van der Waals surface area contributed by atoms with Gasteiger partial charge in [-0.15, -0.1) is 0 Å². The van der Waals surface area contributed by atoms with E-state index in [2.05, 4.69) is 16.8 Å². The smallest absolute Gasteiger partial charge is 0.243 e. The van der Waals surface area contributed by atoms with Gasteiger partial charge in [-0.2, -0.15) is 4.31 Å². The van der Waals surface area contributed by atoms with E-state index in [1.54, 1.807) is 28.8 Å². The highest BCUT2D eigenvalue weighted by Crippen LogP contribution is 2.24. The maximum Gasteiger partial charge on any atom is 0.243 e. The van der Waals surface area contributed by atoms with Crippen LogP contribution in [0.4, 0.5) is 0 Å². The highest BCUT2D eigenvalue weighted by molar-refractivity contribution is 7.89. The molecule has 2 heterocycles. The Morgan fingerprint density at radius 1 is 1.23 bits per heavy atom. The molecule has 1 atom stereocenters. The van der Waals surface area contributed by atoms with E-state index < -0.39 is 10.0 Å². The van der Waals surface area contributed by atoms with Crippen molar-refractivity contribution in [2.45, 2.75) is 44.2 Å². The molecular formula is C20H27N3O2S. The number of aromatic nitrogens is 1. The zero-order valence-corrected chi connectivity index (χ0v) is 16.3. The summed E-state index contributed by atoms with van der Waals surface area (Å²) in [5, 5.41) is 0. The number of aryl methyl sites for hydroxylation is 1. The second-order valence-corrected chi connectivity index (χ2v) is 8.83. The number of sulfonamides is 1. The van der Waals surface area contributed by atoms with Gasteiger partial charge in [0.2, 0.25) is 10.0 Å². The average molecular weight is 374 g/mol. The Labute approximate surface area is 156 Å². The van der Waals surface area contributed by atoms with Crippen LogP contribution in [-0.4, -0.2) is 48.3 Å². The number of nitrogens with zero attached hydrogens (tertiary/aromatic N) is 3. The first kappa shape index (κ1) is 19.0. The third-order valence-electron chi connectivity index (χ3n) is 5.04. The number of piperidine rings is 1. The molecule has 5 nitrogen and oxygen atoms in total. The van der Waals surface area contributed by atoms with Crippen LogP contribution in [0, 0.1) is 6.92 Å². The van der Waals surface area contributed by atoms with Gasteiger partial charge in [0.25, 0.3) is 0 Å². The number of rotatable bonds is 6. The van der Waals surface area contributed by atoms with Crippen LogP contribution in [0.1, 0.15) is 30.9 Å². The first-order valence-corrected chi connectivity index (χ1v) is 10.6. The van der Waals surface area contributed by atoms with Crippen LogP contribution in [0.15, 0.2) is 53.7 Å². The standard InChI is InChI=1S/C20H27N3O2S/c1-3-22(15-18-9-11-21-12-10-18)19-7-5-13-23(16-19)26(24,25)20-8-4-6-17(2)14-20/h4,6,8-12,14,19H,3,5,7,13,15-16H2,1-2H3. The SMILES string of the molecule is CCN(Cc1ccncc1)C1CCCN(S(=O)(=O)c2cccc(C)c2)C1. The molecule has 1 aliphatic heterocycles. The number of likely N-dealkylation sites (N-methyl/N-ethyl adjacent to an activating group) is 1. The third kappa shape index (κ3) is 4.31. The molecule has 140 valence electrons. The topological polar surface area (TPSA) is 53.5 Å². The van der Waals surface area contributed by atoms with E-state index in [0.29, 0.717) is 18.0 Å². The van der Waals surface area contributed by atoms with Crippen molar-refractivity contribution in [3.05, 3.63) is 59.9 Å². The fourth-order valence-corrected chi connectivity index (χ4v) is 5.21. The molecule has 0 radical (unpaired) electrons. The minimum absolute atomic E-state index is 0.237. The van der Waals surface area contributed by atoms with Gasteiger partial charge in [0.1, 0.15) is 0 Å². The summed E-state index contributed by atoms with van der Waals surface area (Å²) in [6.07, 6.45) is 5.53. The quantitative estimate of drug-likeness (QED) is 0.781. The van der Waals surface area contributed by atoms with E-state index in [1.165, 1.54) is 5.56 Å². The minimum atomic E-state index is -3.44. The van der Waals surface area contributed by atoms with E-state index in [0.717, 1.165) is 31.5 Å². The fourth-order valence-electron chi connectivity index (χ4n) is 3.58. The largest absolute Gasteiger partial charge is 0.295 e. The normalized spacial score (nSPS) is 19.0. The summed E-state index contributed by atoms with van der Waals surface area (Å²) in [4.78, 5) is 6.84. The van der Waals surface area contributed by atoms with Gasteiger partial charge in [0.15, 0.2) is 0 Å². The van der Waals surface area contributed by atoms with Crippen molar-refractivity contribution >= 4 is 10.0 Å². The van der Waals surface area contributed by atoms with Crippen molar-refractivity contribution in [1.82, 2.24) is 14.2 Å². The highest BCUT2D eigenvalue weighted by atomic mass is 32.2. The van der Waals surface area contributed by atoms with Crippen LogP contribution in [0.3, 0.4) is 0 Å². The number of pyridine rings is 1. The summed E-state index contributed by atoms with van der Waals surface area (Å²) < 4.78 is 27.8. The molecule has 0 spiro atoms. The molecular weight excluding hydrogens is 346 g/mol. The van der Waals surface area contributed by atoms with Gasteiger partial charge in [-0.3, -0.25) is 9.88 Å². The Morgan fingerprint density at radius 3 is 2.69 bits per heavy atom. The predicted octanol–water partition coefficient (Wildman–Crippen LogP) is 3.07. The molecule has 1 unspecified atom stereocenters. The summed E-state index contributed by atoms with van der Waals surface area (Å²) in [6.45, 7) is 6.92. The Balaban J connectivity index is 1.75. The summed E-state index contributed by atoms with van der Waals surface area (Å²) in [6, 6.07) is 11.5. The van der Waals surface area contributed by atoms with Crippen molar-refractivity contribution in [2.24, 2.45) is 0 Å². The van der Waals surface area contributed by atoms with Crippen LogP contribution in [0.5, 0.6) is 0 Å². The van der Waals surface area contributed by atoms with Gasteiger partial charge in [0, 0.05) is 38.1 Å². The van der Waals surface area contributed by atoms with Crippen LogP contribution in [0.25, 0.3) is 0 Å². The molecule has 3 rings (SSSR count). The number of hydrogen-bond acceptors (Lipinski definition) is 4. The molecule has 1 aromatic carbocycles. The zero-order chi connectivity index (χ0) is 18.6. The molecule has 0 amide bonds. The molecule has 0 bridgehead atoms. The molecule has 1 saturated heterocycles. The van der Waals surface area contributed by atoms with Crippen LogP contribution in [0.2, 0.25) is 0 Å². The van der Waals surface area contributed by atoms with Gasteiger partial charge in [0.05, 0.1) is 4.90 Å². The highest BCUT2D eigenvalue weighted by Gasteiger charge is 2.32.